The van der Waals surface area contributed by atoms with Crippen molar-refractivity contribution >= 4 is 23.3 Å². The van der Waals surface area contributed by atoms with Crippen molar-refractivity contribution in [3.8, 4) is 0 Å². The fourth-order valence-electron chi connectivity index (χ4n) is 1.99. The molecule has 0 fully saturated rings. The van der Waals surface area contributed by atoms with Gasteiger partial charge in [0.2, 0.25) is 0 Å². The first-order valence-corrected chi connectivity index (χ1v) is 7.06. The number of halogens is 1. The average molecular weight is 304 g/mol. The zero-order valence-corrected chi connectivity index (χ0v) is 12.5. The predicted molar refractivity (Wildman–Crippen MR) is 86.4 cm³/mol. The van der Waals surface area contributed by atoms with E-state index in [-0.39, 0.29) is 6.04 Å². The minimum atomic E-state index is -0.559. The van der Waals surface area contributed by atoms with Gasteiger partial charge in [0.05, 0.1) is 0 Å². The summed E-state index contributed by atoms with van der Waals surface area (Å²) >= 11 is 5.86. The first-order valence-electron chi connectivity index (χ1n) is 6.69. The van der Waals surface area contributed by atoms with Crippen LogP contribution in [0.1, 0.15) is 24.1 Å². The van der Waals surface area contributed by atoms with Crippen molar-refractivity contribution < 1.29 is 4.79 Å². The summed E-state index contributed by atoms with van der Waals surface area (Å²) in [6, 6.07) is 15.0. The molecule has 2 amide bonds. The van der Waals surface area contributed by atoms with Crippen molar-refractivity contribution in [1.29, 1.82) is 0 Å². The van der Waals surface area contributed by atoms with Crippen molar-refractivity contribution in [3.63, 3.8) is 0 Å². The van der Waals surface area contributed by atoms with Gasteiger partial charge < -0.3 is 16.4 Å². The van der Waals surface area contributed by atoms with Crippen molar-refractivity contribution in [2.24, 2.45) is 5.73 Å². The van der Waals surface area contributed by atoms with Crippen LogP contribution in [0.4, 0.5) is 10.5 Å². The number of carbonyl (C=O) groups excluding carboxylic acids is 1. The number of nitrogens with two attached hydrogens (primary N) is 1. The molecule has 0 aliphatic rings. The smallest absolute Gasteiger partial charge is 0.316 e. The van der Waals surface area contributed by atoms with Crippen molar-refractivity contribution in [3.05, 3.63) is 64.7 Å². The molecule has 21 heavy (non-hydrogen) atoms. The molecule has 0 radical (unpaired) electrons. The maximum absolute atomic E-state index is 10.8. The highest BCUT2D eigenvalue weighted by atomic mass is 35.5. The normalized spacial score (nSPS) is 11.9. The average Bonchev–Trinajstić information content (AvgIpc) is 2.46. The van der Waals surface area contributed by atoms with Crippen molar-refractivity contribution in [2.75, 3.05) is 5.32 Å². The number of nitrogens with one attached hydrogen (secondary N) is 2. The van der Waals surface area contributed by atoms with Gasteiger partial charge in [-0.05, 0) is 42.3 Å². The topological polar surface area (TPSA) is 67.2 Å². The van der Waals surface area contributed by atoms with Crippen LogP contribution in [0, 0.1) is 0 Å². The number of anilines is 1. The second kappa shape index (κ2) is 7.11. The lowest BCUT2D eigenvalue weighted by Crippen LogP contribution is -2.20. The summed E-state index contributed by atoms with van der Waals surface area (Å²) in [5.41, 5.74) is 8.08. The molecule has 110 valence electrons. The Morgan fingerprint density at radius 3 is 2.33 bits per heavy atom. The molecular weight excluding hydrogens is 286 g/mol. The number of rotatable bonds is 5. The van der Waals surface area contributed by atoms with Gasteiger partial charge in [0, 0.05) is 23.3 Å². The number of carbonyl (C=O) groups is 1. The van der Waals surface area contributed by atoms with Gasteiger partial charge >= 0.3 is 6.03 Å². The van der Waals surface area contributed by atoms with Crippen LogP contribution in [0.3, 0.4) is 0 Å². The highest BCUT2D eigenvalue weighted by Gasteiger charge is 2.05. The van der Waals surface area contributed by atoms with Crippen LogP contribution in [-0.4, -0.2) is 6.03 Å². The molecule has 1 unspecified atom stereocenters. The van der Waals surface area contributed by atoms with E-state index < -0.39 is 6.03 Å². The molecule has 2 aromatic carbocycles. The SMILES string of the molecule is CC(NCc1ccc(Cl)cc1)c1ccc(NC(N)=O)cc1. The van der Waals surface area contributed by atoms with Crippen molar-refractivity contribution in [2.45, 2.75) is 19.5 Å². The number of benzene rings is 2. The third-order valence-corrected chi connectivity index (χ3v) is 3.46. The van der Waals surface area contributed by atoms with E-state index in [0.29, 0.717) is 5.69 Å². The Balaban J connectivity index is 1.92. The quantitative estimate of drug-likeness (QED) is 0.788. The van der Waals surface area contributed by atoms with Gasteiger partial charge in [0.15, 0.2) is 0 Å². The molecule has 2 aromatic rings. The summed E-state index contributed by atoms with van der Waals surface area (Å²) in [6.45, 7) is 2.85. The van der Waals surface area contributed by atoms with Crippen LogP contribution in [0.25, 0.3) is 0 Å². The first kappa shape index (κ1) is 15.4. The van der Waals surface area contributed by atoms with E-state index in [1.54, 1.807) is 0 Å². The van der Waals surface area contributed by atoms with Gasteiger partial charge in [-0.15, -0.1) is 0 Å². The lowest BCUT2D eigenvalue weighted by atomic mass is 10.1. The number of primary amides is 1. The fourth-order valence-corrected chi connectivity index (χ4v) is 2.11. The van der Waals surface area contributed by atoms with Gasteiger partial charge in [0.25, 0.3) is 0 Å². The van der Waals surface area contributed by atoms with Crippen LogP contribution in [0.2, 0.25) is 5.02 Å². The molecule has 0 aliphatic carbocycles. The van der Waals surface area contributed by atoms with E-state index in [9.17, 15) is 4.79 Å². The second-order valence-corrected chi connectivity index (χ2v) is 5.28. The maximum Gasteiger partial charge on any atom is 0.316 e. The molecule has 0 saturated carbocycles. The van der Waals surface area contributed by atoms with E-state index in [0.717, 1.165) is 17.1 Å². The molecule has 0 aliphatic heterocycles. The fraction of sp³-hybridized carbons (Fsp3) is 0.188. The summed E-state index contributed by atoms with van der Waals surface area (Å²) in [5.74, 6) is 0. The Labute approximate surface area is 129 Å². The second-order valence-electron chi connectivity index (χ2n) is 4.84. The minimum Gasteiger partial charge on any atom is -0.351 e. The zero-order valence-electron chi connectivity index (χ0n) is 11.8. The number of hydrogen-bond donors (Lipinski definition) is 3. The predicted octanol–water partition coefficient (Wildman–Crippen LogP) is 3.68. The monoisotopic (exact) mass is 303 g/mol. The zero-order chi connectivity index (χ0) is 15.2. The van der Waals surface area contributed by atoms with E-state index in [1.807, 2.05) is 48.5 Å². The Bertz CT molecular complexity index is 596. The Morgan fingerprint density at radius 1 is 1.14 bits per heavy atom. The highest BCUT2D eigenvalue weighted by Crippen LogP contribution is 2.17. The van der Waals surface area contributed by atoms with Crippen LogP contribution < -0.4 is 16.4 Å². The third-order valence-electron chi connectivity index (χ3n) is 3.20. The number of urea groups is 1. The summed E-state index contributed by atoms with van der Waals surface area (Å²) in [6.07, 6.45) is 0. The molecule has 1 atom stereocenters. The molecule has 0 spiro atoms. The Kier molecular flexibility index (Phi) is 5.20. The van der Waals surface area contributed by atoms with Crippen LogP contribution >= 0.6 is 11.6 Å². The number of hydrogen-bond acceptors (Lipinski definition) is 2. The molecule has 0 aromatic heterocycles. The van der Waals surface area contributed by atoms with E-state index in [4.69, 9.17) is 17.3 Å². The molecule has 4 N–H and O–H groups in total. The lowest BCUT2D eigenvalue weighted by Gasteiger charge is -2.15. The van der Waals surface area contributed by atoms with Gasteiger partial charge in [-0.1, -0.05) is 35.9 Å². The lowest BCUT2D eigenvalue weighted by molar-refractivity contribution is 0.259. The standard InChI is InChI=1S/C16H18ClN3O/c1-11(19-10-12-2-6-14(17)7-3-12)13-4-8-15(9-5-13)20-16(18)21/h2-9,11,19H,10H2,1H3,(H3,18,20,21). The largest absolute Gasteiger partial charge is 0.351 e. The number of amides is 2. The van der Waals surface area contributed by atoms with E-state index in [2.05, 4.69) is 17.6 Å². The summed E-state index contributed by atoms with van der Waals surface area (Å²) in [7, 11) is 0. The minimum absolute atomic E-state index is 0.198. The van der Waals surface area contributed by atoms with Crippen LogP contribution in [0.15, 0.2) is 48.5 Å². The van der Waals surface area contributed by atoms with Crippen LogP contribution in [-0.2, 0) is 6.54 Å². The Morgan fingerprint density at radius 2 is 1.76 bits per heavy atom. The van der Waals surface area contributed by atoms with E-state index >= 15 is 0 Å². The highest BCUT2D eigenvalue weighted by molar-refractivity contribution is 6.30. The molecule has 0 saturated heterocycles. The van der Waals surface area contributed by atoms with Gasteiger partial charge in [0.1, 0.15) is 0 Å². The van der Waals surface area contributed by atoms with Gasteiger partial charge in [-0.25, -0.2) is 4.79 Å². The van der Waals surface area contributed by atoms with Gasteiger partial charge in [-0.3, -0.25) is 0 Å². The molecule has 0 heterocycles. The van der Waals surface area contributed by atoms with Crippen molar-refractivity contribution in [1.82, 2.24) is 5.32 Å². The molecule has 5 heteroatoms. The summed E-state index contributed by atoms with van der Waals surface area (Å²) in [4.78, 5) is 10.8. The first-order chi connectivity index (χ1) is 10.0. The summed E-state index contributed by atoms with van der Waals surface area (Å²) in [5, 5.41) is 6.72. The Hall–Kier alpha value is -2.04. The summed E-state index contributed by atoms with van der Waals surface area (Å²) < 4.78 is 0. The molecule has 2 rings (SSSR count). The van der Waals surface area contributed by atoms with Crippen LogP contribution in [0.5, 0.6) is 0 Å². The molecular formula is C16H18ClN3O. The van der Waals surface area contributed by atoms with Gasteiger partial charge in [-0.2, -0.15) is 0 Å². The maximum atomic E-state index is 10.8. The van der Waals surface area contributed by atoms with E-state index in [1.165, 1.54) is 5.56 Å². The third kappa shape index (κ3) is 4.77. The molecule has 0 bridgehead atoms. The molecule has 4 nitrogen and oxygen atoms in total.